The maximum atomic E-state index is 12.3. The van der Waals surface area contributed by atoms with Crippen molar-refractivity contribution in [2.75, 3.05) is 6.61 Å². The predicted octanol–water partition coefficient (Wildman–Crippen LogP) is 2.63. The zero-order chi connectivity index (χ0) is 18.4. The van der Waals surface area contributed by atoms with E-state index in [9.17, 15) is 9.90 Å². The molecule has 0 radical (unpaired) electrons. The number of aliphatic hydroxyl groups is 1. The van der Waals surface area contributed by atoms with E-state index >= 15 is 0 Å². The molecule has 6 heteroatoms. The van der Waals surface area contributed by atoms with Crippen LogP contribution in [0.5, 0.6) is 5.75 Å². The molecule has 0 fully saturated rings. The van der Waals surface area contributed by atoms with Crippen LogP contribution in [0, 0.1) is 0 Å². The summed E-state index contributed by atoms with van der Waals surface area (Å²) in [5, 5.41) is 12.4. The Kier molecular flexibility index (Phi) is 5.86. The van der Waals surface area contributed by atoms with Crippen LogP contribution < -0.4 is 10.1 Å². The molecule has 0 aliphatic carbocycles. The first kappa shape index (κ1) is 17.9. The molecule has 2 aromatic carbocycles. The van der Waals surface area contributed by atoms with Gasteiger partial charge >= 0.3 is 0 Å². The van der Waals surface area contributed by atoms with Crippen molar-refractivity contribution >= 4 is 16.9 Å². The highest BCUT2D eigenvalue weighted by Gasteiger charge is 2.12. The molecule has 136 valence electrons. The van der Waals surface area contributed by atoms with E-state index in [1.54, 1.807) is 4.57 Å². The first-order valence-corrected chi connectivity index (χ1v) is 8.74. The Morgan fingerprint density at radius 1 is 1.19 bits per heavy atom. The molecule has 0 bridgehead atoms. The molecule has 0 atom stereocenters. The van der Waals surface area contributed by atoms with E-state index in [4.69, 9.17) is 4.74 Å². The highest BCUT2D eigenvalue weighted by Crippen LogP contribution is 2.16. The van der Waals surface area contributed by atoms with Crippen molar-refractivity contribution in [1.82, 2.24) is 14.9 Å². The van der Waals surface area contributed by atoms with Crippen molar-refractivity contribution < 1.29 is 14.6 Å². The first-order chi connectivity index (χ1) is 12.7. The lowest BCUT2D eigenvalue weighted by atomic mass is 10.2. The minimum Gasteiger partial charge on any atom is -0.494 e. The van der Waals surface area contributed by atoms with Crippen LogP contribution in [0.4, 0.5) is 0 Å². The number of amides is 1. The molecule has 0 spiro atoms. The monoisotopic (exact) mass is 353 g/mol. The zero-order valence-corrected chi connectivity index (χ0v) is 14.8. The van der Waals surface area contributed by atoms with E-state index in [1.165, 1.54) is 0 Å². The molecule has 6 nitrogen and oxygen atoms in total. The largest absolute Gasteiger partial charge is 0.494 e. The average Bonchev–Trinajstić information content (AvgIpc) is 3.03. The number of rotatable bonds is 8. The Morgan fingerprint density at radius 2 is 1.96 bits per heavy atom. The van der Waals surface area contributed by atoms with Crippen LogP contribution in [-0.4, -0.2) is 27.2 Å². The highest BCUT2D eigenvalue weighted by molar-refractivity contribution is 5.81. The number of ether oxygens (including phenoxy) is 1. The van der Waals surface area contributed by atoms with Gasteiger partial charge in [-0.1, -0.05) is 31.2 Å². The topological polar surface area (TPSA) is 76.4 Å². The third-order valence-electron chi connectivity index (χ3n) is 4.06. The third-order valence-corrected chi connectivity index (χ3v) is 4.06. The Bertz CT molecular complexity index is 872. The van der Waals surface area contributed by atoms with Gasteiger partial charge in [0.15, 0.2) is 0 Å². The molecule has 1 aromatic heterocycles. The Labute approximate surface area is 152 Å². The summed E-state index contributed by atoms with van der Waals surface area (Å²) in [6, 6.07) is 15.2. The maximum Gasteiger partial charge on any atom is 0.240 e. The lowest BCUT2D eigenvalue weighted by Gasteiger charge is -2.10. The fourth-order valence-electron chi connectivity index (χ4n) is 2.75. The first-order valence-electron chi connectivity index (χ1n) is 8.74. The number of hydrogen-bond acceptors (Lipinski definition) is 4. The summed E-state index contributed by atoms with van der Waals surface area (Å²) in [6.07, 6.45) is 0.969. The fraction of sp³-hybridized carbons (Fsp3) is 0.300. The smallest absolute Gasteiger partial charge is 0.240 e. The quantitative estimate of drug-likeness (QED) is 0.653. The van der Waals surface area contributed by atoms with E-state index in [1.807, 2.05) is 48.5 Å². The molecule has 1 amide bonds. The summed E-state index contributed by atoms with van der Waals surface area (Å²) >= 11 is 0. The number of nitrogens with one attached hydrogen (secondary N) is 1. The molecular weight excluding hydrogens is 330 g/mol. The summed E-state index contributed by atoms with van der Waals surface area (Å²) in [5.41, 5.74) is 2.61. The van der Waals surface area contributed by atoms with Crippen LogP contribution in [0.25, 0.3) is 11.0 Å². The van der Waals surface area contributed by atoms with Gasteiger partial charge in [0.05, 0.1) is 17.6 Å². The average molecular weight is 353 g/mol. The molecule has 0 saturated carbocycles. The number of imidazole rings is 1. The predicted molar refractivity (Wildman–Crippen MR) is 99.7 cm³/mol. The second-order valence-electron chi connectivity index (χ2n) is 6.03. The standard InChI is InChI=1S/C20H23N3O3/c1-2-11-26-16-9-7-15(8-10-16)12-21-20(25)13-23-18-6-4-3-5-17(18)22-19(23)14-24/h3-10,24H,2,11-14H2,1H3,(H,21,25). The van der Waals surface area contributed by atoms with E-state index < -0.39 is 0 Å². The molecule has 0 unspecified atom stereocenters. The fourth-order valence-corrected chi connectivity index (χ4v) is 2.75. The van der Waals surface area contributed by atoms with Gasteiger partial charge in [-0.3, -0.25) is 4.79 Å². The van der Waals surface area contributed by atoms with Crippen molar-refractivity contribution in [2.45, 2.75) is 33.0 Å². The van der Waals surface area contributed by atoms with Crippen LogP contribution in [0.2, 0.25) is 0 Å². The van der Waals surface area contributed by atoms with Gasteiger partial charge in [0.25, 0.3) is 0 Å². The second-order valence-corrected chi connectivity index (χ2v) is 6.03. The Hall–Kier alpha value is -2.86. The van der Waals surface area contributed by atoms with Crippen LogP contribution in [-0.2, 0) is 24.5 Å². The summed E-state index contributed by atoms with van der Waals surface area (Å²) in [5.74, 6) is 1.19. The number of carbonyl (C=O) groups excluding carboxylic acids is 1. The van der Waals surface area contributed by atoms with Crippen molar-refractivity contribution in [3.8, 4) is 5.75 Å². The molecule has 0 aliphatic rings. The number of fused-ring (bicyclic) bond motifs is 1. The van der Waals surface area contributed by atoms with Crippen molar-refractivity contribution in [3.05, 3.63) is 59.9 Å². The SMILES string of the molecule is CCCOc1ccc(CNC(=O)Cn2c(CO)nc3ccccc32)cc1. The number of carbonyl (C=O) groups is 1. The second kappa shape index (κ2) is 8.49. The van der Waals surface area contributed by atoms with Gasteiger partial charge in [-0.05, 0) is 36.2 Å². The summed E-state index contributed by atoms with van der Waals surface area (Å²) in [6.45, 7) is 3.11. The number of aromatic nitrogens is 2. The molecule has 3 aromatic rings. The molecule has 2 N–H and O–H groups in total. The van der Waals surface area contributed by atoms with Crippen molar-refractivity contribution in [1.29, 1.82) is 0 Å². The van der Waals surface area contributed by atoms with Gasteiger partial charge in [0.2, 0.25) is 5.91 Å². The van der Waals surface area contributed by atoms with E-state index in [0.29, 0.717) is 19.0 Å². The third kappa shape index (κ3) is 4.21. The van der Waals surface area contributed by atoms with Crippen LogP contribution in [0.1, 0.15) is 24.7 Å². The molecule has 26 heavy (non-hydrogen) atoms. The highest BCUT2D eigenvalue weighted by atomic mass is 16.5. The zero-order valence-electron chi connectivity index (χ0n) is 14.8. The van der Waals surface area contributed by atoms with Crippen LogP contribution in [0.15, 0.2) is 48.5 Å². The van der Waals surface area contributed by atoms with Gasteiger partial charge in [-0.2, -0.15) is 0 Å². The number of para-hydroxylation sites is 2. The van der Waals surface area contributed by atoms with Crippen molar-refractivity contribution in [3.63, 3.8) is 0 Å². The number of nitrogens with zero attached hydrogens (tertiary/aromatic N) is 2. The van der Waals surface area contributed by atoms with Crippen LogP contribution >= 0.6 is 0 Å². The molecule has 0 saturated heterocycles. The van der Waals surface area contributed by atoms with Crippen LogP contribution in [0.3, 0.4) is 0 Å². The Balaban J connectivity index is 1.61. The number of benzene rings is 2. The minimum absolute atomic E-state index is 0.119. The Morgan fingerprint density at radius 3 is 2.69 bits per heavy atom. The van der Waals surface area contributed by atoms with Gasteiger partial charge < -0.3 is 19.7 Å². The lowest BCUT2D eigenvalue weighted by molar-refractivity contribution is -0.121. The molecular formula is C20H23N3O3. The van der Waals surface area contributed by atoms with E-state index in [0.717, 1.165) is 28.8 Å². The van der Waals surface area contributed by atoms with E-state index in [2.05, 4.69) is 17.2 Å². The van der Waals surface area contributed by atoms with Gasteiger partial charge in [-0.25, -0.2) is 4.98 Å². The maximum absolute atomic E-state index is 12.3. The summed E-state index contributed by atoms with van der Waals surface area (Å²) in [4.78, 5) is 16.7. The van der Waals surface area contributed by atoms with Gasteiger partial charge in [0, 0.05) is 6.54 Å². The number of hydrogen-bond donors (Lipinski definition) is 2. The van der Waals surface area contributed by atoms with Gasteiger partial charge in [0.1, 0.15) is 24.7 Å². The van der Waals surface area contributed by atoms with Crippen molar-refractivity contribution in [2.24, 2.45) is 0 Å². The normalized spacial score (nSPS) is 10.8. The summed E-state index contributed by atoms with van der Waals surface area (Å²) < 4.78 is 7.29. The minimum atomic E-state index is -0.207. The number of aliphatic hydroxyl groups excluding tert-OH is 1. The summed E-state index contributed by atoms with van der Waals surface area (Å²) in [7, 11) is 0. The lowest BCUT2D eigenvalue weighted by Crippen LogP contribution is -2.27. The molecule has 1 heterocycles. The molecule has 0 aliphatic heterocycles. The van der Waals surface area contributed by atoms with E-state index in [-0.39, 0.29) is 19.1 Å². The van der Waals surface area contributed by atoms with Gasteiger partial charge in [-0.15, -0.1) is 0 Å². The molecule has 3 rings (SSSR count).